The van der Waals surface area contributed by atoms with E-state index in [-0.39, 0.29) is 31.1 Å². The van der Waals surface area contributed by atoms with E-state index in [1.807, 2.05) is 0 Å². The highest BCUT2D eigenvalue weighted by atomic mass is 16.6. The van der Waals surface area contributed by atoms with Gasteiger partial charge in [-0.15, -0.1) is 0 Å². The molecule has 0 bridgehead atoms. The smallest absolute Gasteiger partial charge is 0.306 e. The first kappa shape index (κ1) is 58.9. The quantitative estimate of drug-likeness (QED) is 0.0199. The molecule has 0 aromatic carbocycles. The Morgan fingerprint density at radius 1 is 0.355 bits per heavy atom. The minimum Gasteiger partial charge on any atom is -0.462 e. The highest BCUT2D eigenvalue weighted by Gasteiger charge is 2.19. The molecule has 0 aliphatic heterocycles. The molecule has 0 aliphatic carbocycles. The molecule has 62 heavy (non-hydrogen) atoms. The van der Waals surface area contributed by atoms with E-state index < -0.39 is 6.10 Å². The summed E-state index contributed by atoms with van der Waals surface area (Å²) in [6.07, 6.45) is 63.1. The van der Waals surface area contributed by atoms with E-state index in [2.05, 4.69) is 93.7 Å². The van der Waals surface area contributed by atoms with E-state index >= 15 is 0 Å². The van der Waals surface area contributed by atoms with E-state index in [1.165, 1.54) is 96.3 Å². The molecular weight excluding hydrogens is 769 g/mol. The third-order valence-corrected chi connectivity index (χ3v) is 11.0. The Morgan fingerprint density at radius 3 is 1.16 bits per heavy atom. The Balaban J connectivity index is 4.43. The Kier molecular flexibility index (Phi) is 47.9. The molecule has 0 N–H and O–H groups in total. The molecule has 0 aromatic rings. The van der Waals surface area contributed by atoms with Crippen LogP contribution in [0.4, 0.5) is 0 Å². The number of carbonyl (C=O) groups excluding carboxylic acids is 3. The highest BCUT2D eigenvalue weighted by molar-refractivity contribution is 5.71. The average Bonchev–Trinajstić information content (AvgIpc) is 3.27. The molecule has 0 heterocycles. The molecule has 1 unspecified atom stereocenters. The van der Waals surface area contributed by atoms with Gasteiger partial charge in [0.2, 0.25) is 0 Å². The Labute approximate surface area is 382 Å². The predicted molar refractivity (Wildman–Crippen MR) is 265 cm³/mol. The van der Waals surface area contributed by atoms with E-state index in [9.17, 15) is 14.4 Å². The minimum atomic E-state index is -0.794. The van der Waals surface area contributed by atoms with Gasteiger partial charge in [-0.25, -0.2) is 0 Å². The Bertz CT molecular complexity index is 1180. The second kappa shape index (κ2) is 50.5. The van der Waals surface area contributed by atoms with Gasteiger partial charge in [-0.05, 0) is 96.3 Å². The molecule has 0 rings (SSSR count). The second-order valence-corrected chi connectivity index (χ2v) is 17.1. The van der Waals surface area contributed by atoms with Crippen molar-refractivity contribution in [2.75, 3.05) is 13.2 Å². The van der Waals surface area contributed by atoms with Gasteiger partial charge in [0.15, 0.2) is 6.10 Å². The maximum atomic E-state index is 12.8. The van der Waals surface area contributed by atoms with E-state index in [0.717, 1.165) is 109 Å². The standard InChI is InChI=1S/C56H96O6/c1-4-7-10-13-16-19-22-25-27-28-29-32-34-37-40-43-46-49-55(58)61-52-53(51-60-54(57)48-45-42-39-36-33-30-24-21-18-15-12-9-6-3)62-56(59)50-47-44-41-38-35-31-26-23-20-17-14-11-8-5-2/h9,12,15-16,18-19,21,24-25,27,31,35,53H,4-8,10-11,13-14,17,20,22-23,26,28-30,32-34,36-52H2,1-3H3/b12-9-,18-15-,19-16-,24-21-,27-25-,35-31-. The van der Waals surface area contributed by atoms with Crippen molar-refractivity contribution in [3.63, 3.8) is 0 Å². The summed E-state index contributed by atoms with van der Waals surface area (Å²) < 4.78 is 16.8. The zero-order valence-corrected chi connectivity index (χ0v) is 40.6. The molecule has 0 fully saturated rings. The summed E-state index contributed by atoms with van der Waals surface area (Å²) in [7, 11) is 0. The summed E-state index contributed by atoms with van der Waals surface area (Å²) in [5, 5.41) is 0. The van der Waals surface area contributed by atoms with Crippen LogP contribution < -0.4 is 0 Å². The van der Waals surface area contributed by atoms with Gasteiger partial charge in [0.25, 0.3) is 0 Å². The third kappa shape index (κ3) is 47.9. The van der Waals surface area contributed by atoms with Crippen molar-refractivity contribution < 1.29 is 28.6 Å². The van der Waals surface area contributed by atoms with Gasteiger partial charge in [-0.1, -0.05) is 203 Å². The fourth-order valence-electron chi connectivity index (χ4n) is 7.05. The fourth-order valence-corrected chi connectivity index (χ4v) is 7.05. The molecular formula is C56H96O6. The van der Waals surface area contributed by atoms with E-state index in [0.29, 0.717) is 19.3 Å². The fraction of sp³-hybridized carbons (Fsp3) is 0.732. The van der Waals surface area contributed by atoms with Crippen LogP contribution in [0, 0.1) is 0 Å². The number of unbranched alkanes of at least 4 members (excludes halogenated alkanes) is 25. The molecule has 0 spiro atoms. The Morgan fingerprint density at radius 2 is 0.694 bits per heavy atom. The Hall–Kier alpha value is -3.15. The number of carbonyl (C=O) groups is 3. The van der Waals surface area contributed by atoms with Crippen LogP contribution in [0.5, 0.6) is 0 Å². The monoisotopic (exact) mass is 865 g/mol. The second-order valence-electron chi connectivity index (χ2n) is 17.1. The van der Waals surface area contributed by atoms with Gasteiger partial charge in [0.05, 0.1) is 0 Å². The van der Waals surface area contributed by atoms with Crippen molar-refractivity contribution in [2.24, 2.45) is 0 Å². The summed E-state index contributed by atoms with van der Waals surface area (Å²) in [5.74, 6) is -0.935. The zero-order chi connectivity index (χ0) is 45.1. The lowest BCUT2D eigenvalue weighted by Crippen LogP contribution is -2.30. The largest absolute Gasteiger partial charge is 0.462 e. The number of allylic oxidation sites excluding steroid dienone is 12. The van der Waals surface area contributed by atoms with Crippen molar-refractivity contribution in [3.05, 3.63) is 72.9 Å². The molecule has 0 aliphatic rings. The van der Waals surface area contributed by atoms with Crippen molar-refractivity contribution in [2.45, 2.75) is 252 Å². The molecule has 0 radical (unpaired) electrons. The van der Waals surface area contributed by atoms with Crippen molar-refractivity contribution in [1.82, 2.24) is 0 Å². The first-order valence-electron chi connectivity index (χ1n) is 26.0. The van der Waals surface area contributed by atoms with Gasteiger partial charge in [-0.3, -0.25) is 14.4 Å². The first-order chi connectivity index (χ1) is 30.5. The maximum Gasteiger partial charge on any atom is 0.306 e. The van der Waals surface area contributed by atoms with Crippen molar-refractivity contribution >= 4 is 17.9 Å². The third-order valence-electron chi connectivity index (χ3n) is 11.0. The minimum absolute atomic E-state index is 0.0925. The van der Waals surface area contributed by atoms with Gasteiger partial charge in [0.1, 0.15) is 13.2 Å². The highest BCUT2D eigenvalue weighted by Crippen LogP contribution is 2.14. The van der Waals surface area contributed by atoms with Crippen LogP contribution in [-0.4, -0.2) is 37.2 Å². The number of rotatable bonds is 46. The topological polar surface area (TPSA) is 78.9 Å². The van der Waals surface area contributed by atoms with Crippen LogP contribution in [0.3, 0.4) is 0 Å². The van der Waals surface area contributed by atoms with Crippen LogP contribution in [0.1, 0.15) is 245 Å². The molecule has 6 nitrogen and oxygen atoms in total. The molecule has 6 heteroatoms. The molecule has 0 saturated carbocycles. The van der Waals surface area contributed by atoms with Crippen LogP contribution >= 0.6 is 0 Å². The first-order valence-corrected chi connectivity index (χ1v) is 26.0. The van der Waals surface area contributed by atoms with Crippen LogP contribution in [-0.2, 0) is 28.6 Å². The normalized spacial score (nSPS) is 12.6. The maximum absolute atomic E-state index is 12.8. The zero-order valence-electron chi connectivity index (χ0n) is 40.6. The van der Waals surface area contributed by atoms with E-state index in [1.54, 1.807) is 0 Å². The number of hydrogen-bond acceptors (Lipinski definition) is 6. The summed E-state index contributed by atoms with van der Waals surface area (Å²) in [6, 6.07) is 0. The number of esters is 3. The molecule has 0 saturated heterocycles. The number of ether oxygens (including phenoxy) is 3. The molecule has 1 atom stereocenters. The SMILES string of the molecule is CC\C=C/C=C\C=C/CCCCCCCC(=O)OCC(COC(=O)CCCCCCCCC/C=C\C/C=C\CCCCC)OC(=O)CCCCC/C=C\CCCCCCCCC. The average molecular weight is 865 g/mol. The van der Waals surface area contributed by atoms with Gasteiger partial charge >= 0.3 is 17.9 Å². The van der Waals surface area contributed by atoms with Crippen molar-refractivity contribution in [3.8, 4) is 0 Å². The van der Waals surface area contributed by atoms with E-state index in [4.69, 9.17) is 14.2 Å². The molecule has 0 amide bonds. The lowest BCUT2D eigenvalue weighted by molar-refractivity contribution is -0.167. The summed E-state index contributed by atoms with van der Waals surface area (Å²) in [4.78, 5) is 38.0. The van der Waals surface area contributed by atoms with Gasteiger partial charge in [0, 0.05) is 19.3 Å². The van der Waals surface area contributed by atoms with Crippen LogP contribution in [0.25, 0.3) is 0 Å². The van der Waals surface area contributed by atoms with Crippen LogP contribution in [0.15, 0.2) is 72.9 Å². The molecule has 356 valence electrons. The van der Waals surface area contributed by atoms with Crippen molar-refractivity contribution in [1.29, 1.82) is 0 Å². The lowest BCUT2D eigenvalue weighted by atomic mass is 10.1. The molecule has 0 aromatic heterocycles. The van der Waals surface area contributed by atoms with Crippen LogP contribution in [0.2, 0.25) is 0 Å². The number of hydrogen-bond donors (Lipinski definition) is 0. The summed E-state index contributed by atoms with van der Waals surface area (Å²) in [5.41, 5.74) is 0. The predicted octanol–water partition coefficient (Wildman–Crippen LogP) is 17.0. The van der Waals surface area contributed by atoms with Gasteiger partial charge in [-0.2, -0.15) is 0 Å². The summed E-state index contributed by atoms with van der Waals surface area (Å²) in [6.45, 7) is 6.44. The van der Waals surface area contributed by atoms with Gasteiger partial charge < -0.3 is 14.2 Å². The lowest BCUT2D eigenvalue weighted by Gasteiger charge is -2.18. The summed E-state index contributed by atoms with van der Waals surface area (Å²) >= 11 is 0.